The van der Waals surface area contributed by atoms with Crippen LogP contribution in [0.3, 0.4) is 0 Å². The maximum Gasteiger partial charge on any atom is 0.264 e. The highest BCUT2D eigenvalue weighted by Crippen LogP contribution is 2.24. The predicted molar refractivity (Wildman–Crippen MR) is 74.3 cm³/mol. The molecular formula is C12H11ClFN3O2S. The van der Waals surface area contributed by atoms with Gasteiger partial charge < -0.3 is 5.73 Å². The molecule has 0 amide bonds. The van der Waals surface area contributed by atoms with E-state index in [1.54, 1.807) is 6.07 Å². The fourth-order valence-corrected chi connectivity index (χ4v) is 3.09. The van der Waals surface area contributed by atoms with Gasteiger partial charge in [0.25, 0.3) is 10.0 Å². The number of nitrogens with one attached hydrogen (secondary N) is 1. The van der Waals surface area contributed by atoms with Crippen LogP contribution in [0.1, 0.15) is 5.56 Å². The van der Waals surface area contributed by atoms with E-state index >= 15 is 0 Å². The number of halogens is 2. The van der Waals surface area contributed by atoms with Crippen molar-refractivity contribution in [2.24, 2.45) is 5.73 Å². The zero-order chi connectivity index (χ0) is 14.8. The fraction of sp³-hybridized carbons (Fsp3) is 0.0833. The highest BCUT2D eigenvalue weighted by Gasteiger charge is 2.18. The first-order valence-electron chi connectivity index (χ1n) is 5.55. The molecule has 0 saturated heterocycles. The number of benzene rings is 1. The average molecular weight is 316 g/mol. The Hall–Kier alpha value is -1.70. The van der Waals surface area contributed by atoms with Crippen molar-refractivity contribution in [1.82, 2.24) is 4.98 Å². The lowest BCUT2D eigenvalue weighted by Gasteiger charge is -2.09. The lowest BCUT2D eigenvalue weighted by atomic mass is 10.2. The summed E-state index contributed by atoms with van der Waals surface area (Å²) in [5, 5.41) is 0.0579. The van der Waals surface area contributed by atoms with Gasteiger partial charge in [-0.2, -0.15) is 0 Å². The van der Waals surface area contributed by atoms with Gasteiger partial charge in [-0.1, -0.05) is 17.7 Å². The summed E-state index contributed by atoms with van der Waals surface area (Å²) in [6.45, 7) is 0.257. The summed E-state index contributed by atoms with van der Waals surface area (Å²) >= 11 is 5.93. The summed E-state index contributed by atoms with van der Waals surface area (Å²) in [5.74, 6) is -0.552. The number of rotatable bonds is 4. The first kappa shape index (κ1) is 14.7. The van der Waals surface area contributed by atoms with E-state index in [2.05, 4.69) is 9.71 Å². The third-order valence-corrected chi connectivity index (χ3v) is 4.33. The predicted octanol–water partition coefficient (Wildman–Crippen LogP) is 2.13. The van der Waals surface area contributed by atoms with Crippen molar-refractivity contribution in [3.63, 3.8) is 0 Å². The minimum atomic E-state index is -3.89. The Labute approximate surface area is 120 Å². The third kappa shape index (κ3) is 3.24. The second kappa shape index (κ2) is 5.74. The summed E-state index contributed by atoms with van der Waals surface area (Å²) in [6.07, 6.45) is 0.914. The van der Waals surface area contributed by atoms with Gasteiger partial charge in [-0.25, -0.2) is 17.8 Å². The van der Waals surface area contributed by atoms with E-state index in [9.17, 15) is 12.8 Å². The van der Waals surface area contributed by atoms with Crippen LogP contribution in [0.4, 0.5) is 10.2 Å². The van der Waals surface area contributed by atoms with Crippen molar-refractivity contribution >= 4 is 27.4 Å². The van der Waals surface area contributed by atoms with Gasteiger partial charge in [-0.3, -0.25) is 4.72 Å². The van der Waals surface area contributed by atoms with Gasteiger partial charge in [0.05, 0.1) is 11.2 Å². The molecular weight excluding hydrogens is 305 g/mol. The molecule has 0 spiro atoms. The lowest BCUT2D eigenvalue weighted by molar-refractivity contribution is 0.600. The molecule has 0 aliphatic heterocycles. The second-order valence-electron chi connectivity index (χ2n) is 3.94. The maximum absolute atomic E-state index is 12.7. The monoisotopic (exact) mass is 315 g/mol. The van der Waals surface area contributed by atoms with Crippen LogP contribution in [-0.4, -0.2) is 13.4 Å². The molecule has 1 aromatic carbocycles. The van der Waals surface area contributed by atoms with E-state index in [0.29, 0.717) is 5.56 Å². The molecule has 0 unspecified atom stereocenters. The number of hydrogen-bond acceptors (Lipinski definition) is 4. The van der Waals surface area contributed by atoms with Gasteiger partial charge in [-0.05, 0) is 29.8 Å². The van der Waals surface area contributed by atoms with Crippen LogP contribution >= 0.6 is 11.6 Å². The van der Waals surface area contributed by atoms with Crippen LogP contribution in [0, 0.1) is 5.82 Å². The molecule has 3 N–H and O–H groups in total. The smallest absolute Gasteiger partial charge is 0.264 e. The minimum absolute atomic E-state index is 0.00497. The molecule has 0 fully saturated rings. The lowest BCUT2D eigenvalue weighted by Crippen LogP contribution is -2.14. The van der Waals surface area contributed by atoms with E-state index < -0.39 is 15.8 Å². The minimum Gasteiger partial charge on any atom is -0.326 e. The van der Waals surface area contributed by atoms with Crippen molar-refractivity contribution in [2.45, 2.75) is 11.4 Å². The number of nitrogens with zero attached hydrogens (tertiary/aromatic N) is 1. The summed E-state index contributed by atoms with van der Waals surface area (Å²) in [7, 11) is -3.89. The molecule has 2 aromatic rings. The first-order chi connectivity index (χ1) is 9.42. The van der Waals surface area contributed by atoms with Crippen molar-refractivity contribution in [2.75, 3.05) is 4.72 Å². The number of nitrogens with two attached hydrogens (primary N) is 1. The highest BCUT2D eigenvalue weighted by molar-refractivity contribution is 7.92. The maximum atomic E-state index is 12.7. The molecule has 0 aliphatic carbocycles. The van der Waals surface area contributed by atoms with Gasteiger partial charge in [-0.15, -0.1) is 0 Å². The zero-order valence-electron chi connectivity index (χ0n) is 10.2. The van der Waals surface area contributed by atoms with Crippen molar-refractivity contribution in [3.8, 4) is 0 Å². The van der Waals surface area contributed by atoms with Crippen LogP contribution in [0.15, 0.2) is 41.4 Å². The quantitative estimate of drug-likeness (QED) is 0.905. The SMILES string of the molecule is NCc1ccc(S(=O)(=O)Nc2ccc(F)cn2)c(Cl)c1. The molecule has 5 nitrogen and oxygen atoms in total. The van der Waals surface area contributed by atoms with E-state index in [0.717, 1.165) is 12.3 Å². The molecule has 0 bridgehead atoms. The molecule has 2 rings (SSSR count). The van der Waals surface area contributed by atoms with E-state index in [4.69, 9.17) is 17.3 Å². The number of sulfonamides is 1. The van der Waals surface area contributed by atoms with E-state index in [-0.39, 0.29) is 22.3 Å². The van der Waals surface area contributed by atoms with Crippen molar-refractivity contribution in [1.29, 1.82) is 0 Å². The normalized spacial score (nSPS) is 11.3. The van der Waals surface area contributed by atoms with Gasteiger partial charge in [0.1, 0.15) is 16.5 Å². The first-order valence-corrected chi connectivity index (χ1v) is 7.41. The number of anilines is 1. The second-order valence-corrected chi connectivity index (χ2v) is 5.99. The molecule has 0 saturated carbocycles. The Morgan fingerprint density at radius 2 is 2.05 bits per heavy atom. The summed E-state index contributed by atoms with van der Waals surface area (Å²) < 4.78 is 39.2. The van der Waals surface area contributed by atoms with Crippen molar-refractivity contribution in [3.05, 3.63) is 52.9 Å². The van der Waals surface area contributed by atoms with E-state index in [1.165, 1.54) is 18.2 Å². The number of aromatic nitrogens is 1. The van der Waals surface area contributed by atoms with E-state index in [1.807, 2.05) is 0 Å². The van der Waals surface area contributed by atoms with Crippen LogP contribution in [0.5, 0.6) is 0 Å². The topological polar surface area (TPSA) is 85.1 Å². The Morgan fingerprint density at radius 1 is 1.30 bits per heavy atom. The Balaban J connectivity index is 2.33. The molecule has 8 heteroatoms. The largest absolute Gasteiger partial charge is 0.326 e. The van der Waals surface area contributed by atoms with Gasteiger partial charge in [0.15, 0.2) is 0 Å². The average Bonchev–Trinajstić information content (AvgIpc) is 2.40. The Bertz CT molecular complexity index is 720. The van der Waals surface area contributed by atoms with Gasteiger partial charge >= 0.3 is 0 Å². The summed E-state index contributed by atoms with van der Waals surface area (Å²) in [6, 6.07) is 6.72. The fourth-order valence-electron chi connectivity index (χ4n) is 1.52. The van der Waals surface area contributed by atoms with Gasteiger partial charge in [0, 0.05) is 6.54 Å². The standard InChI is InChI=1S/C12H11ClFN3O2S/c13-10-5-8(6-15)1-3-11(10)20(18,19)17-12-4-2-9(14)7-16-12/h1-5,7H,6,15H2,(H,16,17). The van der Waals surface area contributed by atoms with Crippen LogP contribution < -0.4 is 10.5 Å². The zero-order valence-corrected chi connectivity index (χ0v) is 11.7. The number of pyridine rings is 1. The van der Waals surface area contributed by atoms with Crippen LogP contribution in [0.2, 0.25) is 5.02 Å². The Morgan fingerprint density at radius 3 is 2.60 bits per heavy atom. The van der Waals surface area contributed by atoms with Crippen molar-refractivity contribution < 1.29 is 12.8 Å². The number of hydrogen-bond donors (Lipinski definition) is 2. The summed E-state index contributed by atoms with van der Waals surface area (Å²) in [4.78, 5) is 3.53. The van der Waals surface area contributed by atoms with Crippen LogP contribution in [-0.2, 0) is 16.6 Å². The molecule has 20 heavy (non-hydrogen) atoms. The van der Waals surface area contributed by atoms with Gasteiger partial charge in [0.2, 0.25) is 0 Å². The highest BCUT2D eigenvalue weighted by atomic mass is 35.5. The molecule has 1 aromatic heterocycles. The molecule has 1 heterocycles. The molecule has 0 radical (unpaired) electrons. The molecule has 106 valence electrons. The van der Waals surface area contributed by atoms with Crippen LogP contribution in [0.25, 0.3) is 0 Å². The Kier molecular flexibility index (Phi) is 4.22. The third-order valence-electron chi connectivity index (χ3n) is 2.49. The summed E-state index contributed by atoms with van der Waals surface area (Å²) in [5.41, 5.74) is 6.16. The molecule has 0 aliphatic rings. The molecule has 0 atom stereocenters.